The van der Waals surface area contributed by atoms with Crippen LogP contribution >= 0.6 is 0 Å². The molecular formula is C22H20N2O4. The van der Waals surface area contributed by atoms with E-state index >= 15 is 0 Å². The minimum absolute atomic E-state index is 0.0425. The molecule has 1 aliphatic heterocycles. The Bertz CT molecular complexity index is 1080. The van der Waals surface area contributed by atoms with E-state index in [1.54, 1.807) is 11.5 Å². The third-order valence-electron chi connectivity index (χ3n) is 5.11. The van der Waals surface area contributed by atoms with Crippen LogP contribution in [0.1, 0.15) is 28.5 Å². The molecule has 0 bridgehead atoms. The molecule has 0 saturated heterocycles. The molecule has 0 N–H and O–H groups in total. The molecule has 0 amide bonds. The number of ether oxygens (including phenoxy) is 1. The summed E-state index contributed by atoms with van der Waals surface area (Å²) in [7, 11) is 0. The first-order chi connectivity index (χ1) is 13.5. The van der Waals surface area contributed by atoms with Gasteiger partial charge in [-0.3, -0.25) is 10.1 Å². The quantitative estimate of drug-likeness (QED) is 0.373. The third kappa shape index (κ3) is 2.78. The van der Waals surface area contributed by atoms with Crippen molar-refractivity contribution in [3.8, 4) is 22.4 Å². The van der Waals surface area contributed by atoms with Gasteiger partial charge in [0.25, 0.3) is 0 Å². The fourth-order valence-corrected chi connectivity index (χ4v) is 3.89. The predicted molar refractivity (Wildman–Crippen MR) is 106 cm³/mol. The molecule has 6 nitrogen and oxygen atoms in total. The van der Waals surface area contributed by atoms with Crippen molar-refractivity contribution in [2.24, 2.45) is 0 Å². The lowest BCUT2D eigenvalue weighted by Gasteiger charge is -2.20. The number of benzene rings is 2. The van der Waals surface area contributed by atoms with Crippen LogP contribution in [0.4, 0.5) is 5.69 Å². The van der Waals surface area contributed by atoms with E-state index < -0.39 is 5.97 Å². The van der Waals surface area contributed by atoms with Gasteiger partial charge < -0.3 is 9.30 Å². The van der Waals surface area contributed by atoms with Crippen LogP contribution in [0.15, 0.2) is 48.5 Å². The van der Waals surface area contributed by atoms with E-state index in [1.807, 2.05) is 55.5 Å². The van der Waals surface area contributed by atoms with E-state index in [2.05, 4.69) is 0 Å². The predicted octanol–water partition coefficient (Wildman–Crippen LogP) is 4.77. The van der Waals surface area contributed by atoms with Gasteiger partial charge in [0.05, 0.1) is 17.1 Å². The Morgan fingerprint density at radius 3 is 2.57 bits per heavy atom. The van der Waals surface area contributed by atoms with Crippen LogP contribution in [0.2, 0.25) is 0 Å². The van der Waals surface area contributed by atoms with E-state index in [1.165, 1.54) is 0 Å². The fraction of sp³-hybridized carbons (Fsp3) is 0.227. The van der Waals surface area contributed by atoms with Crippen LogP contribution in [0.5, 0.6) is 0 Å². The third-order valence-corrected chi connectivity index (χ3v) is 5.11. The highest BCUT2D eigenvalue weighted by atomic mass is 16.6. The Balaban J connectivity index is 2.10. The number of aryl methyl sites for hydroxylation is 2. The molecule has 1 aliphatic rings. The summed E-state index contributed by atoms with van der Waals surface area (Å²) in [6, 6.07) is 15.1. The lowest BCUT2D eigenvalue weighted by atomic mass is 9.97. The molecule has 0 unspecified atom stereocenters. The summed E-state index contributed by atoms with van der Waals surface area (Å²) in [6.45, 7) is 4.38. The lowest BCUT2D eigenvalue weighted by molar-refractivity contribution is -0.383. The minimum Gasteiger partial charge on any atom is -0.461 e. The molecule has 4 rings (SSSR count). The van der Waals surface area contributed by atoms with Crippen molar-refractivity contribution in [2.75, 3.05) is 6.61 Å². The second kappa shape index (κ2) is 6.96. The molecule has 1 aromatic heterocycles. The summed E-state index contributed by atoms with van der Waals surface area (Å²) < 4.78 is 7.04. The molecule has 0 spiro atoms. The molecule has 0 aliphatic carbocycles. The van der Waals surface area contributed by atoms with Gasteiger partial charge in [-0.25, -0.2) is 4.79 Å². The average molecular weight is 376 g/mol. The Labute approximate surface area is 162 Å². The van der Waals surface area contributed by atoms with Crippen molar-refractivity contribution >= 4 is 11.7 Å². The summed E-state index contributed by atoms with van der Waals surface area (Å²) in [4.78, 5) is 24.7. The Morgan fingerprint density at radius 2 is 1.89 bits per heavy atom. The first-order valence-corrected chi connectivity index (χ1v) is 9.26. The number of nitro groups is 1. The van der Waals surface area contributed by atoms with Gasteiger partial charge in [0.1, 0.15) is 11.4 Å². The number of carbonyl (C=O) groups is 1. The molecule has 28 heavy (non-hydrogen) atoms. The number of nitrogens with zero attached hydrogens (tertiary/aromatic N) is 2. The fourth-order valence-electron chi connectivity index (χ4n) is 3.89. The highest BCUT2D eigenvalue weighted by Crippen LogP contribution is 2.46. The summed E-state index contributed by atoms with van der Waals surface area (Å²) in [5, 5.41) is 12.2. The Kier molecular flexibility index (Phi) is 4.47. The number of aromatic nitrogens is 1. The average Bonchev–Trinajstić information content (AvgIpc) is 3.04. The number of carbonyl (C=O) groups excluding carboxylic acids is 1. The van der Waals surface area contributed by atoms with E-state index in [0.717, 1.165) is 16.7 Å². The summed E-state index contributed by atoms with van der Waals surface area (Å²) in [5.41, 5.74) is 4.53. The van der Waals surface area contributed by atoms with Gasteiger partial charge in [0.15, 0.2) is 0 Å². The van der Waals surface area contributed by atoms with Gasteiger partial charge in [-0.15, -0.1) is 0 Å². The summed E-state index contributed by atoms with van der Waals surface area (Å²) in [5.74, 6) is -0.535. The number of fused-ring (bicyclic) bond motifs is 3. The van der Waals surface area contributed by atoms with Crippen molar-refractivity contribution in [1.82, 2.24) is 4.57 Å². The zero-order chi connectivity index (χ0) is 19.8. The molecule has 3 aromatic rings. The maximum atomic E-state index is 12.9. The number of esters is 1. The molecular weight excluding hydrogens is 356 g/mol. The van der Waals surface area contributed by atoms with Crippen molar-refractivity contribution in [3.63, 3.8) is 0 Å². The molecule has 0 saturated carbocycles. The van der Waals surface area contributed by atoms with Gasteiger partial charge >= 0.3 is 11.7 Å². The number of rotatable bonds is 4. The van der Waals surface area contributed by atoms with Crippen molar-refractivity contribution in [3.05, 3.63) is 75.5 Å². The summed E-state index contributed by atoms with van der Waals surface area (Å²) >= 11 is 0. The minimum atomic E-state index is -0.535. The van der Waals surface area contributed by atoms with Crippen LogP contribution in [-0.4, -0.2) is 22.1 Å². The van der Waals surface area contributed by atoms with E-state index in [-0.39, 0.29) is 22.9 Å². The smallest absolute Gasteiger partial charge is 0.355 e. The second-order valence-corrected chi connectivity index (χ2v) is 6.82. The maximum absolute atomic E-state index is 12.9. The number of hydrogen-bond donors (Lipinski definition) is 0. The van der Waals surface area contributed by atoms with Gasteiger partial charge in [-0.2, -0.15) is 0 Å². The SMILES string of the molecule is CCOC(=O)c1c(-c2ccc(C)cc2)c([N+](=O)[O-])c2n1CCc1ccccc1-2. The van der Waals surface area contributed by atoms with Crippen LogP contribution in [0, 0.1) is 17.0 Å². The standard InChI is InChI=1S/C22H20N2O4/c1-3-28-22(25)21-18(16-10-8-14(2)9-11-16)20(24(26)27)19-17-7-5-4-6-15(17)12-13-23(19)21/h4-11H,3,12-13H2,1-2H3. The van der Waals surface area contributed by atoms with E-state index in [9.17, 15) is 14.9 Å². The first-order valence-electron chi connectivity index (χ1n) is 9.26. The molecule has 6 heteroatoms. The van der Waals surface area contributed by atoms with Crippen LogP contribution in [-0.2, 0) is 17.7 Å². The maximum Gasteiger partial charge on any atom is 0.355 e. The normalized spacial score (nSPS) is 12.2. The number of hydrogen-bond acceptors (Lipinski definition) is 4. The molecule has 142 valence electrons. The van der Waals surface area contributed by atoms with Crippen molar-refractivity contribution < 1.29 is 14.5 Å². The van der Waals surface area contributed by atoms with Gasteiger partial charge in [-0.1, -0.05) is 54.1 Å². The van der Waals surface area contributed by atoms with Crippen LogP contribution in [0.25, 0.3) is 22.4 Å². The van der Waals surface area contributed by atoms with Gasteiger partial charge in [0, 0.05) is 12.1 Å². The van der Waals surface area contributed by atoms with Gasteiger partial charge in [-0.05, 0) is 31.4 Å². The largest absolute Gasteiger partial charge is 0.461 e. The topological polar surface area (TPSA) is 74.4 Å². The molecule has 2 aromatic carbocycles. The Morgan fingerprint density at radius 1 is 1.18 bits per heavy atom. The highest BCUT2D eigenvalue weighted by molar-refractivity contribution is 6.03. The lowest BCUT2D eigenvalue weighted by Crippen LogP contribution is -2.18. The molecule has 2 heterocycles. The first kappa shape index (κ1) is 18.0. The van der Waals surface area contributed by atoms with Gasteiger partial charge in [0.2, 0.25) is 0 Å². The molecule has 0 radical (unpaired) electrons. The molecule has 0 fully saturated rings. The van der Waals surface area contributed by atoms with Crippen LogP contribution < -0.4 is 0 Å². The van der Waals surface area contributed by atoms with E-state index in [4.69, 9.17) is 4.74 Å². The van der Waals surface area contributed by atoms with Crippen LogP contribution in [0.3, 0.4) is 0 Å². The second-order valence-electron chi connectivity index (χ2n) is 6.82. The highest BCUT2D eigenvalue weighted by Gasteiger charge is 2.38. The molecule has 0 atom stereocenters. The monoisotopic (exact) mass is 376 g/mol. The zero-order valence-electron chi connectivity index (χ0n) is 15.8. The zero-order valence-corrected chi connectivity index (χ0v) is 15.8. The van der Waals surface area contributed by atoms with E-state index in [0.29, 0.717) is 29.8 Å². The van der Waals surface area contributed by atoms with Crippen molar-refractivity contribution in [2.45, 2.75) is 26.8 Å². The Hall–Kier alpha value is -3.41. The van der Waals surface area contributed by atoms with Crippen molar-refractivity contribution in [1.29, 1.82) is 0 Å². The summed E-state index contributed by atoms with van der Waals surface area (Å²) in [6.07, 6.45) is 0.703.